The number of aliphatic hydroxyl groups is 2. The van der Waals surface area contributed by atoms with Gasteiger partial charge in [0.05, 0.1) is 19.6 Å². The minimum atomic E-state index is -1.25. The van der Waals surface area contributed by atoms with Crippen LogP contribution in [0.15, 0.2) is 18.2 Å². The zero-order valence-electron chi connectivity index (χ0n) is 11.3. The fourth-order valence-corrected chi connectivity index (χ4v) is 2.42. The number of hydrogen-bond donors (Lipinski definition) is 2. The Morgan fingerprint density at radius 1 is 1.35 bits per heavy atom. The Balaban J connectivity index is 2.18. The highest BCUT2D eigenvalue weighted by molar-refractivity contribution is 5.98. The van der Waals surface area contributed by atoms with E-state index in [9.17, 15) is 19.8 Å². The number of fused-ring (bicyclic) bond motifs is 1. The van der Waals surface area contributed by atoms with Crippen molar-refractivity contribution in [3.05, 3.63) is 34.9 Å². The van der Waals surface area contributed by atoms with E-state index >= 15 is 0 Å². The summed E-state index contributed by atoms with van der Waals surface area (Å²) in [6.07, 6.45) is -0.547. The van der Waals surface area contributed by atoms with Crippen molar-refractivity contribution in [2.75, 3.05) is 7.11 Å². The van der Waals surface area contributed by atoms with Crippen molar-refractivity contribution in [2.45, 2.75) is 37.9 Å². The molecule has 0 spiro atoms. The van der Waals surface area contributed by atoms with E-state index in [1.807, 2.05) is 0 Å². The summed E-state index contributed by atoms with van der Waals surface area (Å²) in [5.41, 5.74) is 2.02. The maximum atomic E-state index is 11.8. The average molecular weight is 278 g/mol. The van der Waals surface area contributed by atoms with Gasteiger partial charge < -0.3 is 14.9 Å². The number of ether oxygens (including phenoxy) is 1. The number of benzene rings is 1. The molecule has 1 aromatic rings. The van der Waals surface area contributed by atoms with Crippen molar-refractivity contribution in [3.8, 4) is 0 Å². The maximum absolute atomic E-state index is 11.8. The number of esters is 1. The van der Waals surface area contributed by atoms with Crippen LogP contribution in [0.5, 0.6) is 0 Å². The van der Waals surface area contributed by atoms with Gasteiger partial charge in [-0.3, -0.25) is 9.59 Å². The van der Waals surface area contributed by atoms with Gasteiger partial charge in [0, 0.05) is 12.0 Å². The van der Waals surface area contributed by atoms with Crippen LogP contribution >= 0.6 is 0 Å². The molecule has 2 N–H and O–H groups in total. The zero-order chi connectivity index (χ0) is 14.7. The molecule has 5 heteroatoms. The predicted octanol–water partition coefficient (Wildman–Crippen LogP) is 1.16. The average Bonchev–Trinajstić information content (AvgIpc) is 2.46. The number of Topliss-reactive ketones (excluding diaryl/α,β-unsaturated/α-hetero) is 1. The number of methoxy groups -OCH3 is 1. The number of ketones is 1. The Morgan fingerprint density at radius 3 is 2.80 bits per heavy atom. The quantitative estimate of drug-likeness (QED) is 0.807. The van der Waals surface area contributed by atoms with Gasteiger partial charge >= 0.3 is 5.97 Å². The summed E-state index contributed by atoms with van der Waals surface area (Å²) in [6.45, 7) is 0. The van der Waals surface area contributed by atoms with E-state index in [1.54, 1.807) is 18.2 Å². The first kappa shape index (κ1) is 14.7. The molecule has 0 fully saturated rings. The Hall–Kier alpha value is -1.72. The molecule has 1 aliphatic carbocycles. The van der Waals surface area contributed by atoms with Gasteiger partial charge in [-0.2, -0.15) is 0 Å². The molecule has 108 valence electrons. The van der Waals surface area contributed by atoms with Crippen LogP contribution in [0.4, 0.5) is 0 Å². The maximum Gasteiger partial charge on any atom is 0.308 e. The van der Waals surface area contributed by atoms with Gasteiger partial charge in [-0.25, -0.2) is 0 Å². The molecular formula is C15H18O5. The molecule has 0 bridgehead atoms. The van der Waals surface area contributed by atoms with Crippen LogP contribution in [0.1, 0.15) is 46.9 Å². The van der Waals surface area contributed by atoms with Gasteiger partial charge in [-0.15, -0.1) is 0 Å². The van der Waals surface area contributed by atoms with Crippen LogP contribution in [0.2, 0.25) is 0 Å². The fraction of sp³-hybridized carbons (Fsp3) is 0.467. The lowest BCUT2D eigenvalue weighted by Gasteiger charge is -2.20. The molecular weight excluding hydrogens is 260 g/mol. The molecule has 0 amide bonds. The largest absolute Gasteiger partial charge is 0.469 e. The summed E-state index contributed by atoms with van der Waals surface area (Å²) in [5, 5.41) is 19.9. The lowest BCUT2D eigenvalue weighted by Crippen LogP contribution is -2.23. The first-order valence-corrected chi connectivity index (χ1v) is 6.62. The molecule has 0 aliphatic heterocycles. The van der Waals surface area contributed by atoms with Gasteiger partial charge in [0.25, 0.3) is 0 Å². The molecule has 0 radical (unpaired) electrons. The number of carbonyl (C=O) groups is 2. The van der Waals surface area contributed by atoms with Crippen molar-refractivity contribution in [1.82, 2.24) is 0 Å². The smallest absolute Gasteiger partial charge is 0.308 e. The summed E-state index contributed by atoms with van der Waals surface area (Å²) in [5.74, 6) is -0.534. The van der Waals surface area contributed by atoms with Crippen molar-refractivity contribution >= 4 is 11.8 Å². The van der Waals surface area contributed by atoms with Crippen molar-refractivity contribution in [2.24, 2.45) is 0 Å². The highest BCUT2D eigenvalue weighted by Gasteiger charge is 2.24. The third-order valence-electron chi connectivity index (χ3n) is 3.59. The van der Waals surface area contributed by atoms with Gasteiger partial charge in [0.15, 0.2) is 5.78 Å². The third-order valence-corrected chi connectivity index (χ3v) is 3.59. The summed E-state index contributed by atoms with van der Waals surface area (Å²) in [6, 6.07) is 5.10. The highest BCUT2D eigenvalue weighted by atomic mass is 16.5. The molecule has 1 aliphatic rings. The van der Waals surface area contributed by atoms with Gasteiger partial charge in [0.2, 0.25) is 0 Å². The minimum absolute atomic E-state index is 0.0581. The lowest BCUT2D eigenvalue weighted by molar-refractivity contribution is -0.144. The fourth-order valence-electron chi connectivity index (χ4n) is 2.42. The van der Waals surface area contributed by atoms with Crippen LogP contribution in [-0.4, -0.2) is 35.2 Å². The minimum Gasteiger partial charge on any atom is -0.469 e. The molecule has 20 heavy (non-hydrogen) atoms. The Labute approximate surface area is 117 Å². The summed E-state index contributed by atoms with van der Waals surface area (Å²) >= 11 is 0. The van der Waals surface area contributed by atoms with Crippen LogP contribution in [0.25, 0.3) is 0 Å². The predicted molar refractivity (Wildman–Crippen MR) is 71.3 cm³/mol. The van der Waals surface area contributed by atoms with E-state index in [4.69, 9.17) is 0 Å². The van der Waals surface area contributed by atoms with Crippen LogP contribution < -0.4 is 0 Å². The lowest BCUT2D eigenvalue weighted by atomic mass is 9.88. The zero-order valence-corrected chi connectivity index (χ0v) is 11.3. The second kappa shape index (κ2) is 6.15. The topological polar surface area (TPSA) is 83.8 Å². The van der Waals surface area contributed by atoms with E-state index in [-0.39, 0.29) is 12.2 Å². The summed E-state index contributed by atoms with van der Waals surface area (Å²) in [4.78, 5) is 22.9. The molecule has 1 aromatic carbocycles. The van der Waals surface area contributed by atoms with Gasteiger partial charge in [-0.05, 0) is 30.0 Å². The molecule has 0 saturated heterocycles. The number of rotatable bonds is 4. The van der Waals surface area contributed by atoms with Gasteiger partial charge in [0.1, 0.15) is 6.10 Å². The monoisotopic (exact) mass is 278 g/mol. The van der Waals surface area contributed by atoms with Crippen molar-refractivity contribution in [3.63, 3.8) is 0 Å². The normalized spacial score (nSPS) is 17.2. The van der Waals surface area contributed by atoms with Crippen molar-refractivity contribution in [1.29, 1.82) is 0 Å². The van der Waals surface area contributed by atoms with Crippen molar-refractivity contribution < 1.29 is 24.5 Å². The molecule has 2 rings (SSSR count). The standard InChI is InChI=1S/C15H18O5/c1-20-14(18)8-13(17)15(19)10-6-5-9-3-2-4-12(16)11(9)7-10/h5-7,13,15,17,19H,2-4,8H2,1H3. The molecule has 2 unspecified atom stereocenters. The number of carbonyl (C=O) groups excluding carboxylic acids is 2. The number of hydrogen-bond acceptors (Lipinski definition) is 5. The van der Waals surface area contributed by atoms with E-state index < -0.39 is 18.2 Å². The van der Waals surface area contributed by atoms with Crippen LogP contribution in [-0.2, 0) is 16.0 Å². The first-order valence-electron chi connectivity index (χ1n) is 6.62. The van der Waals surface area contributed by atoms with Crippen LogP contribution in [0.3, 0.4) is 0 Å². The second-order valence-corrected chi connectivity index (χ2v) is 4.99. The SMILES string of the molecule is COC(=O)CC(O)C(O)c1ccc2c(c1)C(=O)CCC2. The Kier molecular flexibility index (Phi) is 4.52. The summed E-state index contributed by atoms with van der Waals surface area (Å²) < 4.78 is 4.45. The van der Waals surface area contributed by atoms with Crippen LogP contribution in [0, 0.1) is 0 Å². The third kappa shape index (κ3) is 3.05. The van der Waals surface area contributed by atoms with E-state index in [1.165, 1.54) is 7.11 Å². The molecule has 2 atom stereocenters. The first-order chi connectivity index (χ1) is 9.52. The molecule has 5 nitrogen and oxygen atoms in total. The highest BCUT2D eigenvalue weighted by Crippen LogP contribution is 2.26. The van der Waals surface area contributed by atoms with E-state index in [0.717, 1.165) is 18.4 Å². The van der Waals surface area contributed by atoms with Gasteiger partial charge in [-0.1, -0.05) is 12.1 Å². The molecule has 0 heterocycles. The second-order valence-electron chi connectivity index (χ2n) is 4.99. The molecule has 0 aromatic heterocycles. The number of aliphatic hydroxyl groups excluding tert-OH is 2. The Bertz CT molecular complexity index is 523. The number of aryl methyl sites for hydroxylation is 1. The summed E-state index contributed by atoms with van der Waals surface area (Å²) in [7, 11) is 1.22. The van der Waals surface area contributed by atoms with E-state index in [2.05, 4.69) is 4.74 Å². The molecule has 0 saturated carbocycles. The Morgan fingerprint density at radius 2 is 2.10 bits per heavy atom. The van der Waals surface area contributed by atoms with E-state index in [0.29, 0.717) is 17.5 Å².